The minimum atomic E-state index is -4.01. The first-order chi connectivity index (χ1) is 8.02. The van der Waals surface area contributed by atoms with Crippen molar-refractivity contribution in [1.29, 1.82) is 0 Å². The van der Waals surface area contributed by atoms with Crippen molar-refractivity contribution >= 4 is 0 Å². The van der Waals surface area contributed by atoms with Gasteiger partial charge < -0.3 is 5.32 Å². The standard InChI is InChI=1S/C13H22F3N/c1-17-12(8-9-6-7-9)10-4-2-3-5-11(10)13(14,15)16/h9-12,17H,2-8H2,1H3. The highest BCUT2D eigenvalue weighted by Gasteiger charge is 2.48. The van der Waals surface area contributed by atoms with Gasteiger partial charge in [0.1, 0.15) is 0 Å². The van der Waals surface area contributed by atoms with Crippen LogP contribution in [0.3, 0.4) is 0 Å². The zero-order chi connectivity index (χ0) is 12.5. The average molecular weight is 249 g/mol. The van der Waals surface area contributed by atoms with E-state index < -0.39 is 12.1 Å². The summed E-state index contributed by atoms with van der Waals surface area (Å²) >= 11 is 0. The third-order valence-corrected chi connectivity index (χ3v) is 4.41. The van der Waals surface area contributed by atoms with Gasteiger partial charge >= 0.3 is 6.18 Å². The molecule has 2 rings (SSSR count). The first kappa shape index (κ1) is 13.2. The van der Waals surface area contributed by atoms with E-state index in [9.17, 15) is 13.2 Å². The number of hydrogen-bond donors (Lipinski definition) is 1. The zero-order valence-corrected chi connectivity index (χ0v) is 10.4. The topological polar surface area (TPSA) is 12.0 Å². The van der Waals surface area contributed by atoms with Crippen LogP contribution in [-0.2, 0) is 0 Å². The van der Waals surface area contributed by atoms with Crippen LogP contribution >= 0.6 is 0 Å². The fourth-order valence-electron chi connectivity index (χ4n) is 3.27. The van der Waals surface area contributed by atoms with E-state index in [4.69, 9.17) is 0 Å². The van der Waals surface area contributed by atoms with E-state index in [1.807, 2.05) is 7.05 Å². The molecule has 1 nitrogen and oxygen atoms in total. The molecule has 0 aliphatic heterocycles. The Bertz CT molecular complexity index is 248. The molecular formula is C13H22F3N. The summed E-state index contributed by atoms with van der Waals surface area (Å²) in [6.45, 7) is 0. The Morgan fingerprint density at radius 2 is 1.76 bits per heavy atom. The molecule has 2 saturated carbocycles. The van der Waals surface area contributed by atoms with Gasteiger partial charge in [-0.3, -0.25) is 0 Å². The molecule has 100 valence electrons. The third-order valence-electron chi connectivity index (χ3n) is 4.41. The van der Waals surface area contributed by atoms with Gasteiger partial charge in [0.25, 0.3) is 0 Å². The molecule has 3 unspecified atom stereocenters. The van der Waals surface area contributed by atoms with E-state index in [1.165, 1.54) is 12.8 Å². The maximum atomic E-state index is 13.0. The Hall–Kier alpha value is -0.250. The largest absolute Gasteiger partial charge is 0.392 e. The van der Waals surface area contributed by atoms with Gasteiger partial charge in [-0.2, -0.15) is 13.2 Å². The SMILES string of the molecule is CNC(CC1CC1)C1CCCCC1C(F)(F)F. The summed E-state index contributed by atoms with van der Waals surface area (Å²) in [4.78, 5) is 0. The fourth-order valence-corrected chi connectivity index (χ4v) is 3.27. The third kappa shape index (κ3) is 3.36. The molecule has 2 aliphatic rings. The summed E-state index contributed by atoms with van der Waals surface area (Å²) in [6.07, 6.45) is 2.11. The molecular weight excluding hydrogens is 227 g/mol. The van der Waals surface area contributed by atoms with Crippen molar-refractivity contribution in [2.24, 2.45) is 17.8 Å². The summed E-state index contributed by atoms with van der Waals surface area (Å²) in [7, 11) is 1.81. The lowest BCUT2D eigenvalue weighted by atomic mass is 9.73. The minimum Gasteiger partial charge on any atom is -0.317 e. The molecule has 17 heavy (non-hydrogen) atoms. The maximum Gasteiger partial charge on any atom is 0.392 e. The maximum absolute atomic E-state index is 13.0. The van der Waals surface area contributed by atoms with E-state index in [1.54, 1.807) is 0 Å². The van der Waals surface area contributed by atoms with Crippen molar-refractivity contribution < 1.29 is 13.2 Å². The van der Waals surface area contributed by atoms with Crippen molar-refractivity contribution in [3.63, 3.8) is 0 Å². The second-order valence-corrected chi connectivity index (χ2v) is 5.67. The average Bonchev–Trinajstić information content (AvgIpc) is 3.08. The lowest BCUT2D eigenvalue weighted by Crippen LogP contribution is -2.44. The highest BCUT2D eigenvalue weighted by Crippen LogP contribution is 2.45. The van der Waals surface area contributed by atoms with E-state index in [-0.39, 0.29) is 12.0 Å². The molecule has 0 aromatic heterocycles. The van der Waals surface area contributed by atoms with Crippen LogP contribution in [0.15, 0.2) is 0 Å². The van der Waals surface area contributed by atoms with E-state index in [2.05, 4.69) is 5.32 Å². The molecule has 4 heteroatoms. The van der Waals surface area contributed by atoms with Crippen molar-refractivity contribution in [3.8, 4) is 0 Å². The Morgan fingerprint density at radius 1 is 1.12 bits per heavy atom. The lowest BCUT2D eigenvalue weighted by molar-refractivity contribution is -0.199. The number of halogens is 3. The molecule has 0 aromatic rings. The summed E-state index contributed by atoms with van der Waals surface area (Å²) in [5.41, 5.74) is 0. The van der Waals surface area contributed by atoms with Crippen LogP contribution < -0.4 is 5.32 Å². The van der Waals surface area contributed by atoms with Gasteiger partial charge in [0, 0.05) is 6.04 Å². The van der Waals surface area contributed by atoms with Gasteiger partial charge in [-0.25, -0.2) is 0 Å². The van der Waals surface area contributed by atoms with Crippen LogP contribution in [0.25, 0.3) is 0 Å². The Balaban J connectivity index is 2.02. The van der Waals surface area contributed by atoms with Crippen molar-refractivity contribution in [2.45, 2.75) is 57.2 Å². The molecule has 0 spiro atoms. The van der Waals surface area contributed by atoms with Crippen LogP contribution in [0.5, 0.6) is 0 Å². The van der Waals surface area contributed by atoms with E-state index in [0.717, 1.165) is 25.7 Å². The molecule has 0 saturated heterocycles. The van der Waals surface area contributed by atoms with Gasteiger partial charge in [-0.15, -0.1) is 0 Å². The molecule has 0 heterocycles. The molecule has 0 radical (unpaired) electrons. The van der Waals surface area contributed by atoms with Crippen LogP contribution in [0, 0.1) is 17.8 Å². The summed E-state index contributed by atoms with van der Waals surface area (Å²) in [6, 6.07) is 0.0643. The molecule has 2 aliphatic carbocycles. The molecule has 3 atom stereocenters. The summed E-state index contributed by atoms with van der Waals surface area (Å²) in [5.74, 6) is -0.593. The quantitative estimate of drug-likeness (QED) is 0.800. The highest BCUT2D eigenvalue weighted by atomic mass is 19.4. The molecule has 1 N–H and O–H groups in total. The second kappa shape index (κ2) is 5.17. The number of alkyl halides is 3. The zero-order valence-electron chi connectivity index (χ0n) is 10.4. The van der Waals surface area contributed by atoms with Crippen LogP contribution in [0.1, 0.15) is 44.9 Å². The van der Waals surface area contributed by atoms with Gasteiger partial charge in [0.2, 0.25) is 0 Å². The smallest absolute Gasteiger partial charge is 0.317 e. The lowest BCUT2D eigenvalue weighted by Gasteiger charge is -2.38. The Kier molecular flexibility index (Phi) is 4.01. The number of hydrogen-bond acceptors (Lipinski definition) is 1. The van der Waals surface area contributed by atoms with Gasteiger partial charge in [-0.1, -0.05) is 25.7 Å². The van der Waals surface area contributed by atoms with Gasteiger partial charge in [-0.05, 0) is 38.1 Å². The summed E-state index contributed by atoms with van der Waals surface area (Å²) in [5, 5.41) is 3.15. The van der Waals surface area contributed by atoms with E-state index in [0.29, 0.717) is 12.3 Å². The first-order valence-corrected chi connectivity index (χ1v) is 6.76. The number of rotatable bonds is 4. The first-order valence-electron chi connectivity index (χ1n) is 6.76. The highest BCUT2D eigenvalue weighted by molar-refractivity contribution is 4.91. The molecule has 2 fully saturated rings. The Labute approximate surface area is 101 Å². The number of nitrogens with one attached hydrogen (secondary N) is 1. The van der Waals surface area contributed by atoms with Crippen molar-refractivity contribution in [1.82, 2.24) is 5.32 Å². The molecule has 0 aromatic carbocycles. The van der Waals surface area contributed by atoms with Gasteiger partial charge in [0.05, 0.1) is 5.92 Å². The molecule has 0 amide bonds. The van der Waals surface area contributed by atoms with Crippen LogP contribution in [0.2, 0.25) is 0 Å². The fraction of sp³-hybridized carbons (Fsp3) is 1.00. The van der Waals surface area contributed by atoms with E-state index >= 15 is 0 Å². The summed E-state index contributed by atoms with van der Waals surface area (Å²) < 4.78 is 39.0. The predicted octanol–water partition coefficient (Wildman–Crippen LogP) is 3.74. The normalized spacial score (nSPS) is 32.5. The van der Waals surface area contributed by atoms with Gasteiger partial charge in [0.15, 0.2) is 0 Å². The predicted molar refractivity (Wildman–Crippen MR) is 61.7 cm³/mol. The monoisotopic (exact) mass is 249 g/mol. The second-order valence-electron chi connectivity index (χ2n) is 5.67. The van der Waals surface area contributed by atoms with Crippen molar-refractivity contribution in [2.75, 3.05) is 7.05 Å². The van der Waals surface area contributed by atoms with Crippen LogP contribution in [0.4, 0.5) is 13.2 Å². The molecule has 0 bridgehead atoms. The van der Waals surface area contributed by atoms with Crippen LogP contribution in [-0.4, -0.2) is 19.3 Å². The Morgan fingerprint density at radius 3 is 2.29 bits per heavy atom. The van der Waals surface area contributed by atoms with Crippen molar-refractivity contribution in [3.05, 3.63) is 0 Å². The minimum absolute atomic E-state index is 0.0643.